The van der Waals surface area contributed by atoms with Crippen molar-refractivity contribution in [2.24, 2.45) is 5.92 Å². The molecule has 2 aromatic rings. The van der Waals surface area contributed by atoms with Gasteiger partial charge in [0.1, 0.15) is 16.9 Å². The van der Waals surface area contributed by atoms with E-state index < -0.39 is 0 Å². The van der Waals surface area contributed by atoms with E-state index in [0.717, 1.165) is 24.8 Å². The van der Waals surface area contributed by atoms with Crippen LogP contribution in [0.15, 0.2) is 29.6 Å². The zero-order chi connectivity index (χ0) is 14.8. The van der Waals surface area contributed by atoms with E-state index in [1.807, 2.05) is 0 Å². The topological polar surface area (TPSA) is 39.2 Å². The molecule has 0 saturated heterocycles. The van der Waals surface area contributed by atoms with E-state index in [1.165, 1.54) is 23.5 Å². The van der Waals surface area contributed by atoms with Crippen molar-refractivity contribution >= 4 is 17.3 Å². The Bertz CT molecular complexity index is 638. The molecule has 0 N–H and O–H groups in total. The van der Waals surface area contributed by atoms with E-state index >= 15 is 0 Å². The Hall–Kier alpha value is -1.75. The van der Waals surface area contributed by atoms with Crippen molar-refractivity contribution < 1.29 is 13.9 Å². The first-order valence-electron chi connectivity index (χ1n) is 7.04. The number of hydrogen-bond donors (Lipinski definition) is 0. The van der Waals surface area contributed by atoms with Gasteiger partial charge in [0.25, 0.3) is 0 Å². The number of halogens is 1. The van der Waals surface area contributed by atoms with Gasteiger partial charge in [0.2, 0.25) is 0 Å². The second-order valence-electron chi connectivity index (χ2n) is 5.49. The van der Waals surface area contributed by atoms with Crippen molar-refractivity contribution in [3.8, 4) is 10.6 Å². The van der Waals surface area contributed by atoms with E-state index in [-0.39, 0.29) is 17.9 Å². The van der Waals surface area contributed by atoms with Crippen LogP contribution in [0.3, 0.4) is 0 Å². The quantitative estimate of drug-likeness (QED) is 0.794. The van der Waals surface area contributed by atoms with Crippen LogP contribution in [0.1, 0.15) is 36.7 Å². The summed E-state index contributed by atoms with van der Waals surface area (Å²) in [6.45, 7) is 2.17. The number of aromatic nitrogens is 1. The lowest BCUT2D eigenvalue weighted by molar-refractivity contribution is 0.0305. The summed E-state index contributed by atoms with van der Waals surface area (Å²) in [6, 6.07) is 6.08. The second kappa shape index (κ2) is 5.93. The molecule has 0 unspecified atom stereocenters. The van der Waals surface area contributed by atoms with Crippen LogP contribution < -0.4 is 0 Å². The van der Waals surface area contributed by atoms with Crippen molar-refractivity contribution in [3.05, 3.63) is 41.2 Å². The van der Waals surface area contributed by atoms with Crippen LogP contribution in [0.5, 0.6) is 0 Å². The molecule has 5 heteroatoms. The smallest absolute Gasteiger partial charge is 0.358 e. The van der Waals surface area contributed by atoms with Gasteiger partial charge < -0.3 is 4.74 Å². The van der Waals surface area contributed by atoms with E-state index in [0.29, 0.717) is 16.6 Å². The molecule has 3 rings (SSSR count). The summed E-state index contributed by atoms with van der Waals surface area (Å²) in [5, 5.41) is 2.39. The molecule has 0 radical (unpaired) electrons. The third-order valence-corrected chi connectivity index (χ3v) is 4.62. The summed E-state index contributed by atoms with van der Waals surface area (Å²) in [6.07, 6.45) is 2.99. The van der Waals surface area contributed by atoms with Gasteiger partial charge in [0.05, 0.1) is 0 Å². The molecule has 1 aliphatic rings. The van der Waals surface area contributed by atoms with Gasteiger partial charge >= 0.3 is 5.97 Å². The van der Waals surface area contributed by atoms with Crippen LogP contribution >= 0.6 is 11.3 Å². The van der Waals surface area contributed by atoms with Crippen LogP contribution in [0.2, 0.25) is 0 Å². The van der Waals surface area contributed by atoms with E-state index in [2.05, 4.69) is 11.9 Å². The summed E-state index contributed by atoms with van der Waals surface area (Å²) in [5.41, 5.74) is 1.13. The Balaban J connectivity index is 1.69. The van der Waals surface area contributed by atoms with Gasteiger partial charge in [-0.2, -0.15) is 0 Å². The average Bonchev–Trinajstić information content (AvgIpc) is 3.09. The molecular formula is C16H16FNO2S. The van der Waals surface area contributed by atoms with E-state index in [4.69, 9.17) is 4.74 Å². The number of benzene rings is 1. The third kappa shape index (κ3) is 3.29. The average molecular weight is 305 g/mol. The normalized spacial score (nSPS) is 21.4. The van der Waals surface area contributed by atoms with E-state index in [9.17, 15) is 9.18 Å². The van der Waals surface area contributed by atoms with Gasteiger partial charge in [0, 0.05) is 10.9 Å². The molecule has 1 fully saturated rings. The van der Waals surface area contributed by atoms with Gasteiger partial charge in [-0.3, -0.25) is 0 Å². The highest BCUT2D eigenvalue weighted by atomic mass is 32.1. The van der Waals surface area contributed by atoms with Crippen LogP contribution in [-0.2, 0) is 4.74 Å². The molecule has 3 nitrogen and oxygen atoms in total. The SMILES string of the molecule is C[C@H]1CC[C@@H](OC(=O)c2csc(-c3ccc(F)cc3)n2)C1. The maximum absolute atomic E-state index is 12.9. The van der Waals surface area contributed by atoms with Crippen molar-refractivity contribution in [2.75, 3.05) is 0 Å². The highest BCUT2D eigenvalue weighted by Gasteiger charge is 2.26. The Morgan fingerprint density at radius 2 is 2.10 bits per heavy atom. The predicted molar refractivity (Wildman–Crippen MR) is 79.7 cm³/mol. The van der Waals surface area contributed by atoms with Crippen molar-refractivity contribution in [3.63, 3.8) is 0 Å². The van der Waals surface area contributed by atoms with Crippen LogP contribution in [0.25, 0.3) is 10.6 Å². The fourth-order valence-corrected chi connectivity index (χ4v) is 3.36. The molecule has 110 valence electrons. The molecule has 1 aliphatic carbocycles. The molecule has 0 aliphatic heterocycles. The molecular weight excluding hydrogens is 289 g/mol. The minimum Gasteiger partial charge on any atom is -0.458 e. The molecule has 0 bridgehead atoms. The number of carbonyl (C=O) groups excluding carboxylic acids is 1. The molecule has 1 saturated carbocycles. The lowest BCUT2D eigenvalue weighted by Crippen LogP contribution is -2.15. The molecule has 1 aromatic heterocycles. The maximum atomic E-state index is 12.9. The summed E-state index contributed by atoms with van der Waals surface area (Å²) in [4.78, 5) is 16.4. The second-order valence-corrected chi connectivity index (χ2v) is 6.35. The fourth-order valence-electron chi connectivity index (χ4n) is 2.57. The van der Waals surface area contributed by atoms with Crippen LogP contribution in [0.4, 0.5) is 4.39 Å². The van der Waals surface area contributed by atoms with E-state index in [1.54, 1.807) is 17.5 Å². The Kier molecular flexibility index (Phi) is 4.01. The number of esters is 1. The molecule has 1 aromatic carbocycles. The monoisotopic (exact) mass is 305 g/mol. The summed E-state index contributed by atoms with van der Waals surface area (Å²) in [7, 11) is 0. The minimum absolute atomic E-state index is 0.0171. The van der Waals surface area contributed by atoms with Crippen LogP contribution in [0, 0.1) is 11.7 Å². The van der Waals surface area contributed by atoms with Crippen LogP contribution in [-0.4, -0.2) is 17.1 Å². The standard InChI is InChI=1S/C16H16FNO2S/c1-10-2-7-13(8-10)20-16(19)14-9-21-15(18-14)11-3-5-12(17)6-4-11/h3-6,9-10,13H,2,7-8H2,1H3/t10-,13+/m0/s1. The lowest BCUT2D eigenvalue weighted by atomic mass is 10.1. The molecule has 21 heavy (non-hydrogen) atoms. The number of hydrogen-bond acceptors (Lipinski definition) is 4. The highest BCUT2D eigenvalue weighted by molar-refractivity contribution is 7.13. The zero-order valence-electron chi connectivity index (χ0n) is 11.7. The number of thiazole rings is 1. The molecule has 1 heterocycles. The highest BCUT2D eigenvalue weighted by Crippen LogP contribution is 2.29. The Morgan fingerprint density at radius 3 is 2.76 bits per heavy atom. The Labute approximate surface area is 126 Å². The first kappa shape index (κ1) is 14.2. The third-order valence-electron chi connectivity index (χ3n) is 3.72. The van der Waals surface area contributed by atoms with Gasteiger partial charge in [-0.1, -0.05) is 6.92 Å². The minimum atomic E-state index is -0.362. The number of carbonyl (C=O) groups is 1. The molecule has 0 amide bonds. The number of ether oxygens (including phenoxy) is 1. The van der Waals surface area contributed by atoms with Crippen molar-refractivity contribution in [2.45, 2.75) is 32.3 Å². The molecule has 0 spiro atoms. The summed E-state index contributed by atoms with van der Waals surface area (Å²) in [5.74, 6) is -0.0305. The lowest BCUT2D eigenvalue weighted by Gasteiger charge is -2.10. The number of rotatable bonds is 3. The van der Waals surface area contributed by atoms with Gasteiger partial charge in [-0.25, -0.2) is 14.2 Å². The summed E-state index contributed by atoms with van der Waals surface area (Å²) >= 11 is 1.36. The zero-order valence-corrected chi connectivity index (χ0v) is 12.5. The van der Waals surface area contributed by atoms with Crippen molar-refractivity contribution in [1.29, 1.82) is 0 Å². The van der Waals surface area contributed by atoms with Gasteiger partial charge in [-0.15, -0.1) is 11.3 Å². The Morgan fingerprint density at radius 1 is 1.33 bits per heavy atom. The van der Waals surface area contributed by atoms with Crippen molar-refractivity contribution in [1.82, 2.24) is 4.98 Å². The maximum Gasteiger partial charge on any atom is 0.358 e. The number of nitrogens with zero attached hydrogens (tertiary/aromatic N) is 1. The molecule has 2 atom stereocenters. The fraction of sp³-hybridized carbons (Fsp3) is 0.375. The predicted octanol–water partition coefficient (Wildman–Crippen LogP) is 4.29. The summed E-state index contributed by atoms with van der Waals surface area (Å²) < 4.78 is 18.4. The van der Waals surface area contributed by atoms with Gasteiger partial charge in [0.15, 0.2) is 5.69 Å². The first-order chi connectivity index (χ1) is 10.1. The largest absolute Gasteiger partial charge is 0.458 e. The first-order valence-corrected chi connectivity index (χ1v) is 7.92. The van der Waals surface area contributed by atoms with Gasteiger partial charge in [-0.05, 0) is 49.4 Å².